The molecule has 0 amide bonds. The summed E-state index contributed by atoms with van der Waals surface area (Å²) in [5.41, 5.74) is 0.652. The first-order valence-corrected chi connectivity index (χ1v) is 6.86. The van der Waals surface area contributed by atoms with E-state index in [2.05, 4.69) is 31.6 Å². The van der Waals surface area contributed by atoms with Gasteiger partial charge in [-0.3, -0.25) is 0 Å². The fourth-order valence-electron chi connectivity index (χ4n) is 2.28. The number of nitrogens with one attached hydrogen (secondary N) is 1. The van der Waals surface area contributed by atoms with E-state index < -0.39 is 5.54 Å². The van der Waals surface area contributed by atoms with E-state index in [0.717, 1.165) is 10.2 Å². The summed E-state index contributed by atoms with van der Waals surface area (Å²) in [7, 11) is 0. The molecule has 3 rings (SSSR count). The van der Waals surface area contributed by atoms with E-state index in [-0.39, 0.29) is 5.82 Å². The quantitative estimate of drug-likeness (QED) is 0.809. The number of aromatic nitrogens is 3. The molecule has 1 N–H and O–H groups in total. The van der Waals surface area contributed by atoms with Gasteiger partial charge in [-0.2, -0.15) is 0 Å². The standard InChI is InChI=1S/C12H10BrFN4S/c1-12(8-4-7(13)2-3-9(8)14)6-18-10(5-15-17-18)11(19)16-12/h2-5H,6H2,1H3,(H,16,19). The van der Waals surface area contributed by atoms with E-state index in [1.165, 1.54) is 6.07 Å². The molecule has 0 saturated heterocycles. The van der Waals surface area contributed by atoms with E-state index in [0.29, 0.717) is 17.1 Å². The van der Waals surface area contributed by atoms with Crippen molar-refractivity contribution in [2.45, 2.75) is 19.0 Å². The van der Waals surface area contributed by atoms with Crippen LogP contribution in [0.5, 0.6) is 0 Å². The lowest BCUT2D eigenvalue weighted by molar-refractivity contribution is 0.317. The van der Waals surface area contributed by atoms with Gasteiger partial charge in [0.1, 0.15) is 16.5 Å². The Hall–Kier alpha value is -1.34. The van der Waals surface area contributed by atoms with Crippen LogP contribution in [0.3, 0.4) is 0 Å². The molecule has 19 heavy (non-hydrogen) atoms. The minimum Gasteiger partial charge on any atom is -0.363 e. The molecule has 2 heterocycles. The maximum atomic E-state index is 14.1. The SMILES string of the molecule is CC1(c2cc(Br)ccc2F)Cn2nncc2C(=S)N1. The minimum atomic E-state index is -0.647. The number of thiocarbonyl (C=S) groups is 1. The number of hydrogen-bond donors (Lipinski definition) is 1. The van der Waals surface area contributed by atoms with Crippen molar-refractivity contribution in [2.24, 2.45) is 0 Å². The molecule has 0 bridgehead atoms. The van der Waals surface area contributed by atoms with E-state index in [1.54, 1.807) is 23.0 Å². The molecular formula is C12H10BrFN4S. The molecule has 1 aliphatic rings. The molecule has 2 aromatic rings. The average molecular weight is 341 g/mol. The number of benzene rings is 1. The number of rotatable bonds is 1. The number of nitrogens with zero attached hydrogens (tertiary/aromatic N) is 3. The summed E-state index contributed by atoms with van der Waals surface area (Å²) < 4.78 is 16.6. The van der Waals surface area contributed by atoms with Gasteiger partial charge in [0.05, 0.1) is 18.3 Å². The third kappa shape index (κ3) is 2.06. The molecule has 1 unspecified atom stereocenters. The zero-order valence-electron chi connectivity index (χ0n) is 10.0. The molecule has 4 nitrogen and oxygen atoms in total. The molecule has 7 heteroatoms. The molecule has 98 valence electrons. The molecule has 1 aromatic heterocycles. The second kappa shape index (κ2) is 4.35. The van der Waals surface area contributed by atoms with Gasteiger partial charge >= 0.3 is 0 Å². The Morgan fingerprint density at radius 3 is 3.11 bits per heavy atom. The molecule has 1 atom stereocenters. The molecule has 1 aromatic carbocycles. The van der Waals surface area contributed by atoms with Gasteiger partial charge < -0.3 is 5.32 Å². The normalized spacial score (nSPS) is 21.9. The van der Waals surface area contributed by atoms with Crippen LogP contribution in [0.1, 0.15) is 18.2 Å². The Kier molecular flexibility index (Phi) is 2.90. The maximum Gasteiger partial charge on any atom is 0.128 e. The highest BCUT2D eigenvalue weighted by Gasteiger charge is 2.36. The smallest absolute Gasteiger partial charge is 0.128 e. The Bertz CT molecular complexity index is 671. The summed E-state index contributed by atoms with van der Waals surface area (Å²) >= 11 is 8.66. The summed E-state index contributed by atoms with van der Waals surface area (Å²) in [5, 5.41) is 11.0. The van der Waals surface area contributed by atoms with Crippen LogP contribution in [0.2, 0.25) is 0 Å². The van der Waals surface area contributed by atoms with E-state index in [1.807, 2.05) is 6.92 Å². The lowest BCUT2D eigenvalue weighted by Crippen LogP contribution is -2.51. The number of halogens is 2. The van der Waals surface area contributed by atoms with Crippen LogP contribution >= 0.6 is 28.1 Å². The van der Waals surface area contributed by atoms with E-state index >= 15 is 0 Å². The summed E-state index contributed by atoms with van der Waals surface area (Å²) in [6.07, 6.45) is 1.60. The Morgan fingerprint density at radius 2 is 2.32 bits per heavy atom. The van der Waals surface area contributed by atoms with Gasteiger partial charge in [-0.25, -0.2) is 9.07 Å². The van der Waals surface area contributed by atoms with Crippen molar-refractivity contribution in [3.8, 4) is 0 Å². The van der Waals surface area contributed by atoms with Gasteiger partial charge in [-0.1, -0.05) is 33.4 Å². The predicted octanol–water partition coefficient (Wildman–Crippen LogP) is 2.37. The first-order chi connectivity index (χ1) is 8.99. The van der Waals surface area contributed by atoms with Crippen LogP contribution in [0.25, 0.3) is 0 Å². The van der Waals surface area contributed by atoms with Crippen molar-refractivity contribution in [3.05, 3.63) is 45.9 Å². The first kappa shape index (κ1) is 12.7. The van der Waals surface area contributed by atoms with Gasteiger partial charge in [0.25, 0.3) is 0 Å². The highest BCUT2D eigenvalue weighted by molar-refractivity contribution is 9.10. The average Bonchev–Trinajstić information content (AvgIpc) is 2.80. The van der Waals surface area contributed by atoms with Crippen molar-refractivity contribution in [1.29, 1.82) is 0 Å². The van der Waals surface area contributed by atoms with Crippen LogP contribution in [0.15, 0.2) is 28.9 Å². The Labute approximate surface area is 123 Å². The van der Waals surface area contributed by atoms with Crippen LogP contribution < -0.4 is 5.32 Å². The van der Waals surface area contributed by atoms with Crippen LogP contribution in [-0.2, 0) is 12.1 Å². The van der Waals surface area contributed by atoms with Gasteiger partial charge in [0, 0.05) is 10.0 Å². The lowest BCUT2D eigenvalue weighted by Gasteiger charge is -2.36. The fourth-order valence-corrected chi connectivity index (χ4v) is 3.02. The van der Waals surface area contributed by atoms with Crippen LogP contribution in [0, 0.1) is 5.82 Å². The van der Waals surface area contributed by atoms with E-state index in [9.17, 15) is 4.39 Å². The predicted molar refractivity (Wildman–Crippen MR) is 76.3 cm³/mol. The molecule has 1 aliphatic heterocycles. The summed E-state index contributed by atoms with van der Waals surface area (Å²) in [5.74, 6) is -0.274. The monoisotopic (exact) mass is 340 g/mol. The third-order valence-electron chi connectivity index (χ3n) is 3.23. The molecular weight excluding hydrogens is 331 g/mol. The van der Waals surface area contributed by atoms with Crippen molar-refractivity contribution in [1.82, 2.24) is 20.3 Å². The lowest BCUT2D eigenvalue weighted by atomic mass is 9.90. The van der Waals surface area contributed by atoms with Gasteiger partial charge in [0.15, 0.2) is 0 Å². The third-order valence-corrected chi connectivity index (χ3v) is 4.03. The van der Waals surface area contributed by atoms with Crippen molar-refractivity contribution in [2.75, 3.05) is 0 Å². The summed E-state index contributed by atoms with van der Waals surface area (Å²) in [6, 6.07) is 4.86. The van der Waals surface area contributed by atoms with Crippen LogP contribution in [-0.4, -0.2) is 20.0 Å². The molecule has 0 saturated carbocycles. The first-order valence-electron chi connectivity index (χ1n) is 5.66. The zero-order valence-corrected chi connectivity index (χ0v) is 12.4. The molecule has 0 fully saturated rings. The number of fused-ring (bicyclic) bond motifs is 1. The maximum absolute atomic E-state index is 14.1. The topological polar surface area (TPSA) is 42.7 Å². The Morgan fingerprint density at radius 1 is 1.53 bits per heavy atom. The van der Waals surface area contributed by atoms with Crippen molar-refractivity contribution >= 4 is 33.1 Å². The van der Waals surface area contributed by atoms with Gasteiger partial charge in [0.2, 0.25) is 0 Å². The zero-order chi connectivity index (χ0) is 13.6. The number of hydrogen-bond acceptors (Lipinski definition) is 3. The molecule has 0 spiro atoms. The largest absolute Gasteiger partial charge is 0.363 e. The van der Waals surface area contributed by atoms with Gasteiger partial charge in [-0.15, -0.1) is 5.10 Å². The highest BCUT2D eigenvalue weighted by atomic mass is 79.9. The second-order valence-electron chi connectivity index (χ2n) is 4.69. The Balaban J connectivity index is 2.10. The highest BCUT2D eigenvalue weighted by Crippen LogP contribution is 2.31. The van der Waals surface area contributed by atoms with Gasteiger partial charge in [-0.05, 0) is 25.1 Å². The van der Waals surface area contributed by atoms with Crippen molar-refractivity contribution < 1.29 is 4.39 Å². The summed E-state index contributed by atoms with van der Waals surface area (Å²) in [6.45, 7) is 2.37. The molecule has 0 aliphatic carbocycles. The minimum absolute atomic E-state index is 0.274. The molecule has 0 radical (unpaired) electrons. The van der Waals surface area contributed by atoms with Crippen molar-refractivity contribution in [3.63, 3.8) is 0 Å². The van der Waals surface area contributed by atoms with E-state index in [4.69, 9.17) is 12.2 Å². The fraction of sp³-hybridized carbons (Fsp3) is 0.250. The second-order valence-corrected chi connectivity index (χ2v) is 6.01. The summed E-state index contributed by atoms with van der Waals surface area (Å²) in [4.78, 5) is 0.526. The van der Waals surface area contributed by atoms with Crippen LogP contribution in [0.4, 0.5) is 4.39 Å².